The van der Waals surface area contributed by atoms with Crippen molar-refractivity contribution in [1.82, 2.24) is 0 Å². The van der Waals surface area contributed by atoms with E-state index in [-0.39, 0.29) is 0 Å². The van der Waals surface area contributed by atoms with E-state index in [1.54, 1.807) is 31.4 Å². The van der Waals surface area contributed by atoms with Crippen molar-refractivity contribution in [3.8, 4) is 29.4 Å². The minimum atomic E-state index is -1.94. The number of aliphatic hydroxyl groups excluding tert-OH is 1. The fourth-order valence-corrected chi connectivity index (χ4v) is 2.57. The first-order chi connectivity index (χ1) is 13.6. The largest absolute Gasteiger partial charge is 0.497 e. The highest BCUT2D eigenvalue weighted by Gasteiger charge is 2.33. The third-order valence-corrected chi connectivity index (χ3v) is 4.17. The highest BCUT2D eigenvalue weighted by atomic mass is 16.5. The van der Waals surface area contributed by atoms with Crippen LogP contribution in [-0.2, 0) is 0 Å². The summed E-state index contributed by atoms with van der Waals surface area (Å²) in [5.41, 5.74) is 0.00190. The van der Waals surface area contributed by atoms with Gasteiger partial charge in [0.25, 0.3) is 0 Å². The number of rotatable bonds is 3. The van der Waals surface area contributed by atoms with Crippen molar-refractivity contribution in [2.45, 2.75) is 11.7 Å². The van der Waals surface area contributed by atoms with Gasteiger partial charge in [-0.25, -0.2) is 0 Å². The molecule has 0 unspecified atom stereocenters. The zero-order valence-electron chi connectivity index (χ0n) is 15.5. The fourth-order valence-electron chi connectivity index (χ4n) is 2.57. The predicted molar refractivity (Wildman–Crippen MR) is 110 cm³/mol. The maximum Gasteiger partial charge on any atom is 0.218 e. The van der Waals surface area contributed by atoms with Crippen molar-refractivity contribution in [1.29, 1.82) is 0 Å². The molecule has 3 rings (SSSR count). The standard InChI is InChI=1S/C25H20O3/c1-28-23-14-12-22(13-15-23)24(26)25(27,18-16-20-8-4-2-5-9-20)19-17-21-10-6-3-7-11-21/h2-15,24,26-27H,1H3/t24-/m1/s1. The monoisotopic (exact) mass is 368 g/mol. The van der Waals surface area contributed by atoms with E-state index in [0.717, 1.165) is 11.1 Å². The van der Waals surface area contributed by atoms with Gasteiger partial charge in [0.05, 0.1) is 7.11 Å². The first-order valence-electron chi connectivity index (χ1n) is 8.81. The summed E-state index contributed by atoms with van der Waals surface area (Å²) in [6.45, 7) is 0. The summed E-state index contributed by atoms with van der Waals surface area (Å²) in [6.07, 6.45) is -1.31. The molecule has 0 aliphatic heterocycles. The molecule has 3 nitrogen and oxygen atoms in total. The molecule has 0 aromatic heterocycles. The summed E-state index contributed by atoms with van der Waals surface area (Å²) < 4.78 is 5.15. The molecule has 0 spiro atoms. The van der Waals surface area contributed by atoms with Gasteiger partial charge in [0.1, 0.15) is 11.9 Å². The van der Waals surface area contributed by atoms with Crippen molar-refractivity contribution < 1.29 is 14.9 Å². The van der Waals surface area contributed by atoms with Gasteiger partial charge in [-0.1, -0.05) is 60.4 Å². The van der Waals surface area contributed by atoms with Crippen molar-refractivity contribution in [3.63, 3.8) is 0 Å². The molecule has 28 heavy (non-hydrogen) atoms. The molecule has 0 radical (unpaired) electrons. The van der Waals surface area contributed by atoms with Gasteiger partial charge in [-0.2, -0.15) is 0 Å². The third kappa shape index (κ3) is 4.81. The number of methoxy groups -OCH3 is 1. The van der Waals surface area contributed by atoms with E-state index < -0.39 is 11.7 Å². The van der Waals surface area contributed by atoms with Gasteiger partial charge in [-0.3, -0.25) is 0 Å². The number of hydrogen-bond acceptors (Lipinski definition) is 3. The molecular formula is C25H20O3. The van der Waals surface area contributed by atoms with Gasteiger partial charge in [0, 0.05) is 11.1 Å². The van der Waals surface area contributed by atoms with E-state index >= 15 is 0 Å². The van der Waals surface area contributed by atoms with Crippen LogP contribution in [0.3, 0.4) is 0 Å². The number of ether oxygens (including phenoxy) is 1. The van der Waals surface area contributed by atoms with Gasteiger partial charge in [-0.05, 0) is 53.8 Å². The van der Waals surface area contributed by atoms with E-state index in [2.05, 4.69) is 23.7 Å². The Morgan fingerprint density at radius 2 is 1.21 bits per heavy atom. The van der Waals surface area contributed by atoms with Crippen molar-refractivity contribution in [3.05, 3.63) is 102 Å². The lowest BCUT2D eigenvalue weighted by molar-refractivity contribution is 0.00696. The van der Waals surface area contributed by atoms with Crippen LogP contribution in [0, 0.1) is 23.7 Å². The number of aliphatic hydroxyl groups is 2. The summed E-state index contributed by atoms with van der Waals surface area (Å²) in [4.78, 5) is 0. The topological polar surface area (TPSA) is 49.7 Å². The number of benzene rings is 3. The summed E-state index contributed by atoms with van der Waals surface area (Å²) in [7, 11) is 1.57. The Kier molecular flexibility index (Phi) is 6.14. The Bertz CT molecular complexity index is 960. The first kappa shape index (κ1) is 19.3. The molecule has 0 aliphatic carbocycles. The van der Waals surface area contributed by atoms with Crippen LogP contribution >= 0.6 is 0 Å². The molecule has 138 valence electrons. The molecule has 0 fully saturated rings. The lowest BCUT2D eigenvalue weighted by atomic mass is 9.91. The fraction of sp³-hybridized carbons (Fsp3) is 0.120. The molecule has 0 saturated heterocycles. The Balaban J connectivity index is 2.00. The van der Waals surface area contributed by atoms with Crippen LogP contribution in [-0.4, -0.2) is 22.9 Å². The zero-order chi connectivity index (χ0) is 19.8. The van der Waals surface area contributed by atoms with Crippen LogP contribution in [0.5, 0.6) is 5.75 Å². The van der Waals surface area contributed by atoms with Crippen LogP contribution in [0.15, 0.2) is 84.9 Å². The summed E-state index contributed by atoms with van der Waals surface area (Å²) >= 11 is 0. The Morgan fingerprint density at radius 3 is 1.64 bits per heavy atom. The summed E-state index contributed by atoms with van der Waals surface area (Å²) in [5.74, 6) is 12.0. The Labute approximate surface area is 165 Å². The normalized spacial score (nSPS) is 11.4. The quantitative estimate of drug-likeness (QED) is 0.695. The van der Waals surface area contributed by atoms with Gasteiger partial charge >= 0.3 is 0 Å². The van der Waals surface area contributed by atoms with E-state index in [9.17, 15) is 10.2 Å². The summed E-state index contributed by atoms with van der Waals surface area (Å²) in [6, 6.07) is 25.3. The van der Waals surface area contributed by atoms with Crippen LogP contribution in [0.4, 0.5) is 0 Å². The molecule has 0 saturated carbocycles. The zero-order valence-corrected chi connectivity index (χ0v) is 15.5. The summed E-state index contributed by atoms with van der Waals surface area (Å²) in [5, 5.41) is 22.0. The lowest BCUT2D eigenvalue weighted by Crippen LogP contribution is -2.33. The average molecular weight is 368 g/mol. The first-order valence-corrected chi connectivity index (χ1v) is 8.81. The van der Waals surface area contributed by atoms with Crippen LogP contribution in [0.2, 0.25) is 0 Å². The van der Waals surface area contributed by atoms with Crippen LogP contribution in [0.25, 0.3) is 0 Å². The smallest absolute Gasteiger partial charge is 0.218 e. The lowest BCUT2D eigenvalue weighted by Gasteiger charge is -2.23. The highest BCUT2D eigenvalue weighted by molar-refractivity contribution is 5.46. The van der Waals surface area contributed by atoms with Gasteiger partial charge in [0.2, 0.25) is 5.60 Å². The van der Waals surface area contributed by atoms with Crippen molar-refractivity contribution in [2.24, 2.45) is 0 Å². The van der Waals surface area contributed by atoms with E-state index in [1.807, 2.05) is 60.7 Å². The van der Waals surface area contributed by atoms with E-state index in [1.165, 1.54) is 0 Å². The Morgan fingerprint density at radius 1 is 0.750 bits per heavy atom. The van der Waals surface area contributed by atoms with Gasteiger partial charge in [-0.15, -0.1) is 0 Å². The molecule has 0 amide bonds. The van der Waals surface area contributed by atoms with E-state index in [4.69, 9.17) is 4.74 Å². The van der Waals surface area contributed by atoms with Crippen molar-refractivity contribution >= 4 is 0 Å². The molecule has 3 aromatic rings. The van der Waals surface area contributed by atoms with Crippen LogP contribution in [0.1, 0.15) is 22.8 Å². The molecule has 0 bridgehead atoms. The van der Waals surface area contributed by atoms with E-state index in [0.29, 0.717) is 11.3 Å². The maximum atomic E-state index is 11.2. The third-order valence-electron chi connectivity index (χ3n) is 4.17. The average Bonchev–Trinajstić information content (AvgIpc) is 2.77. The number of hydrogen-bond donors (Lipinski definition) is 2. The minimum Gasteiger partial charge on any atom is -0.497 e. The molecule has 2 N–H and O–H groups in total. The molecule has 0 aliphatic rings. The van der Waals surface area contributed by atoms with Crippen LogP contribution < -0.4 is 4.74 Å². The predicted octanol–water partition coefficient (Wildman–Crippen LogP) is 3.56. The molecule has 0 heterocycles. The molecular weight excluding hydrogens is 348 g/mol. The maximum absolute atomic E-state index is 11.2. The highest BCUT2D eigenvalue weighted by Crippen LogP contribution is 2.27. The second-order valence-corrected chi connectivity index (χ2v) is 6.17. The second kappa shape index (κ2) is 8.93. The Hall–Kier alpha value is -3.50. The molecule has 3 aromatic carbocycles. The van der Waals surface area contributed by atoms with Crippen molar-refractivity contribution in [2.75, 3.05) is 7.11 Å². The molecule has 3 heteroatoms. The molecule has 1 atom stereocenters. The second-order valence-electron chi connectivity index (χ2n) is 6.17. The van der Waals surface area contributed by atoms with Gasteiger partial charge in [0.15, 0.2) is 0 Å². The van der Waals surface area contributed by atoms with Gasteiger partial charge < -0.3 is 14.9 Å². The minimum absolute atomic E-state index is 0.494. The SMILES string of the molecule is COc1ccc([C@@H](O)C(O)(C#Cc2ccccc2)C#Cc2ccccc2)cc1.